The lowest BCUT2D eigenvalue weighted by Crippen LogP contribution is -2.02. The summed E-state index contributed by atoms with van der Waals surface area (Å²) in [6.45, 7) is 4.35. The fourth-order valence-corrected chi connectivity index (χ4v) is 2.39. The van der Waals surface area contributed by atoms with Crippen molar-refractivity contribution in [2.24, 2.45) is 0 Å². The third kappa shape index (κ3) is 3.92. The van der Waals surface area contributed by atoms with Crippen molar-refractivity contribution in [3.63, 3.8) is 0 Å². The molecule has 0 heterocycles. The van der Waals surface area contributed by atoms with Crippen molar-refractivity contribution in [2.45, 2.75) is 13.8 Å². The largest absolute Gasteiger partial charge is 0.496 e. The van der Waals surface area contributed by atoms with E-state index in [-0.39, 0.29) is 5.57 Å². The van der Waals surface area contributed by atoms with E-state index in [9.17, 15) is 9.90 Å². The van der Waals surface area contributed by atoms with E-state index in [1.165, 1.54) is 0 Å². The highest BCUT2D eigenvalue weighted by molar-refractivity contribution is 6.21. The molecule has 2 aromatic carbocycles. The van der Waals surface area contributed by atoms with E-state index < -0.39 is 5.97 Å². The molecule has 0 bridgehead atoms. The van der Waals surface area contributed by atoms with Gasteiger partial charge in [-0.05, 0) is 49.2 Å². The fraction of sp³-hybridized carbons (Fsp3) is 0.211. The third-order valence-electron chi connectivity index (χ3n) is 3.47. The molecule has 0 aliphatic heterocycles. The van der Waals surface area contributed by atoms with Crippen LogP contribution in [0.25, 0.3) is 11.6 Å². The second kappa shape index (κ2) is 7.49. The number of carboxylic acids is 1. The van der Waals surface area contributed by atoms with Crippen molar-refractivity contribution in [2.75, 3.05) is 13.7 Å². The Bertz CT molecular complexity index is 732. The minimum Gasteiger partial charge on any atom is -0.496 e. The van der Waals surface area contributed by atoms with E-state index in [1.807, 2.05) is 38.1 Å². The normalized spacial score (nSPS) is 11.2. The molecule has 0 unspecified atom stereocenters. The van der Waals surface area contributed by atoms with E-state index in [0.717, 1.165) is 16.9 Å². The summed E-state index contributed by atoms with van der Waals surface area (Å²) in [5.41, 5.74) is 2.45. The average molecular weight is 312 g/mol. The van der Waals surface area contributed by atoms with Crippen molar-refractivity contribution in [3.8, 4) is 11.5 Å². The molecule has 0 aromatic heterocycles. The molecule has 1 N–H and O–H groups in total. The first-order valence-electron chi connectivity index (χ1n) is 7.38. The Labute approximate surface area is 136 Å². The van der Waals surface area contributed by atoms with Gasteiger partial charge in [0, 0.05) is 5.56 Å². The number of hydrogen-bond donors (Lipinski definition) is 1. The van der Waals surface area contributed by atoms with E-state index in [4.69, 9.17) is 9.47 Å². The highest BCUT2D eigenvalue weighted by Crippen LogP contribution is 2.28. The molecule has 0 radical (unpaired) electrons. The van der Waals surface area contributed by atoms with Crippen LogP contribution in [-0.2, 0) is 4.79 Å². The minimum atomic E-state index is -0.983. The smallest absolute Gasteiger partial charge is 0.336 e. The van der Waals surface area contributed by atoms with Crippen LogP contribution in [-0.4, -0.2) is 24.8 Å². The predicted molar refractivity (Wildman–Crippen MR) is 90.8 cm³/mol. The van der Waals surface area contributed by atoms with Gasteiger partial charge in [0.1, 0.15) is 11.5 Å². The Morgan fingerprint density at radius 2 is 1.96 bits per heavy atom. The first-order chi connectivity index (χ1) is 11.1. The number of benzene rings is 2. The van der Waals surface area contributed by atoms with Crippen LogP contribution >= 0.6 is 0 Å². The number of aliphatic carboxylic acids is 1. The molecule has 0 saturated heterocycles. The summed E-state index contributed by atoms with van der Waals surface area (Å²) in [5, 5.41) is 9.61. The van der Waals surface area contributed by atoms with Gasteiger partial charge in [-0.2, -0.15) is 0 Å². The quantitative estimate of drug-likeness (QED) is 0.646. The monoisotopic (exact) mass is 312 g/mol. The molecular formula is C19H20O4. The molecule has 2 rings (SSSR count). The maximum atomic E-state index is 11.7. The Balaban J connectivity index is 2.51. The second-order valence-electron chi connectivity index (χ2n) is 5.01. The molecular weight excluding hydrogens is 292 g/mol. The Hall–Kier alpha value is -2.75. The van der Waals surface area contributed by atoms with Gasteiger partial charge in [-0.25, -0.2) is 4.79 Å². The van der Waals surface area contributed by atoms with Crippen LogP contribution in [0.3, 0.4) is 0 Å². The number of aryl methyl sites for hydroxylation is 1. The number of rotatable bonds is 6. The van der Waals surface area contributed by atoms with Crippen molar-refractivity contribution in [1.82, 2.24) is 0 Å². The Morgan fingerprint density at radius 3 is 2.57 bits per heavy atom. The Morgan fingerprint density at radius 1 is 1.22 bits per heavy atom. The lowest BCUT2D eigenvalue weighted by atomic mass is 9.98. The van der Waals surface area contributed by atoms with Crippen LogP contribution < -0.4 is 9.47 Å². The fourth-order valence-electron chi connectivity index (χ4n) is 2.39. The molecule has 0 fully saturated rings. The molecule has 4 heteroatoms. The highest BCUT2D eigenvalue weighted by Gasteiger charge is 2.14. The van der Waals surface area contributed by atoms with Gasteiger partial charge in [0.2, 0.25) is 0 Å². The van der Waals surface area contributed by atoms with Crippen molar-refractivity contribution >= 4 is 17.6 Å². The van der Waals surface area contributed by atoms with Crippen LogP contribution in [0, 0.1) is 6.92 Å². The lowest BCUT2D eigenvalue weighted by molar-refractivity contribution is -0.130. The Kier molecular flexibility index (Phi) is 5.41. The van der Waals surface area contributed by atoms with Crippen LogP contribution in [0.5, 0.6) is 11.5 Å². The first-order valence-corrected chi connectivity index (χ1v) is 7.38. The number of para-hydroxylation sites is 1. The summed E-state index contributed by atoms with van der Waals surface area (Å²) >= 11 is 0. The van der Waals surface area contributed by atoms with Gasteiger partial charge < -0.3 is 14.6 Å². The van der Waals surface area contributed by atoms with Crippen molar-refractivity contribution in [3.05, 3.63) is 59.2 Å². The van der Waals surface area contributed by atoms with E-state index in [1.54, 1.807) is 31.4 Å². The summed E-state index contributed by atoms with van der Waals surface area (Å²) in [7, 11) is 1.56. The van der Waals surface area contributed by atoms with Crippen LogP contribution in [0.4, 0.5) is 0 Å². The van der Waals surface area contributed by atoms with Crippen molar-refractivity contribution < 1.29 is 19.4 Å². The zero-order chi connectivity index (χ0) is 16.8. The number of methoxy groups -OCH3 is 1. The zero-order valence-electron chi connectivity index (χ0n) is 13.5. The zero-order valence-corrected chi connectivity index (χ0v) is 13.5. The maximum Gasteiger partial charge on any atom is 0.336 e. The molecule has 2 aromatic rings. The first kappa shape index (κ1) is 16.6. The number of hydrogen-bond acceptors (Lipinski definition) is 3. The average Bonchev–Trinajstić information content (AvgIpc) is 2.54. The van der Waals surface area contributed by atoms with Gasteiger partial charge in [0.15, 0.2) is 0 Å². The van der Waals surface area contributed by atoms with Gasteiger partial charge >= 0.3 is 5.97 Å². The summed E-state index contributed by atoms with van der Waals surface area (Å²) < 4.78 is 10.7. The predicted octanol–water partition coefficient (Wildman–Crippen LogP) is 4.03. The number of carbonyl (C=O) groups is 1. The summed E-state index contributed by atoms with van der Waals surface area (Å²) in [4.78, 5) is 11.7. The molecule has 0 aliphatic rings. The van der Waals surface area contributed by atoms with Gasteiger partial charge in [0.05, 0.1) is 19.3 Å². The summed E-state index contributed by atoms with van der Waals surface area (Å²) in [6.07, 6.45) is 1.63. The lowest BCUT2D eigenvalue weighted by Gasteiger charge is -2.11. The second-order valence-corrected chi connectivity index (χ2v) is 5.01. The molecule has 23 heavy (non-hydrogen) atoms. The van der Waals surface area contributed by atoms with Gasteiger partial charge in [-0.3, -0.25) is 0 Å². The SMILES string of the molecule is CCOc1ccc(/C(=C/c2ccccc2OC)C(=O)O)c(C)c1. The standard InChI is InChI=1S/C19H20O4/c1-4-23-15-9-10-16(13(2)11-15)17(19(20)21)12-14-7-5-6-8-18(14)22-3/h5-12H,4H2,1-3H3,(H,20,21)/b17-12-. The summed E-state index contributed by atoms with van der Waals surface area (Å²) in [6, 6.07) is 12.7. The molecule has 0 atom stereocenters. The van der Waals surface area contributed by atoms with Gasteiger partial charge in [-0.1, -0.05) is 24.3 Å². The van der Waals surface area contributed by atoms with Crippen LogP contribution in [0.2, 0.25) is 0 Å². The molecule has 4 nitrogen and oxygen atoms in total. The number of ether oxygens (including phenoxy) is 2. The van der Waals surface area contributed by atoms with E-state index >= 15 is 0 Å². The molecule has 0 amide bonds. The van der Waals surface area contributed by atoms with Crippen LogP contribution in [0.15, 0.2) is 42.5 Å². The van der Waals surface area contributed by atoms with Gasteiger partial charge in [-0.15, -0.1) is 0 Å². The minimum absolute atomic E-state index is 0.218. The van der Waals surface area contributed by atoms with Crippen LogP contribution in [0.1, 0.15) is 23.6 Å². The van der Waals surface area contributed by atoms with E-state index in [2.05, 4.69) is 0 Å². The highest BCUT2D eigenvalue weighted by atomic mass is 16.5. The molecule has 120 valence electrons. The number of carboxylic acid groups (broad SMARTS) is 1. The molecule has 0 spiro atoms. The topological polar surface area (TPSA) is 55.8 Å². The van der Waals surface area contributed by atoms with Gasteiger partial charge in [0.25, 0.3) is 0 Å². The third-order valence-corrected chi connectivity index (χ3v) is 3.47. The maximum absolute atomic E-state index is 11.7. The summed E-state index contributed by atoms with van der Waals surface area (Å²) in [5.74, 6) is 0.383. The molecule has 0 aliphatic carbocycles. The van der Waals surface area contributed by atoms with E-state index in [0.29, 0.717) is 17.9 Å². The molecule has 0 saturated carbocycles. The van der Waals surface area contributed by atoms with Crippen molar-refractivity contribution in [1.29, 1.82) is 0 Å².